The van der Waals surface area contributed by atoms with Crippen molar-refractivity contribution >= 4 is 29.1 Å². The summed E-state index contributed by atoms with van der Waals surface area (Å²) >= 11 is 0. The third-order valence-electron chi connectivity index (χ3n) is 4.15. The Morgan fingerprint density at radius 1 is 1.00 bits per heavy atom. The summed E-state index contributed by atoms with van der Waals surface area (Å²) in [6, 6.07) is 8.69. The number of hydrogen-bond donors (Lipinski definition) is 2. The molecular weight excluding hydrogens is 330 g/mol. The van der Waals surface area contributed by atoms with E-state index in [1.54, 1.807) is 30.3 Å². The average molecular weight is 353 g/mol. The minimum absolute atomic E-state index is 0.161. The molecule has 2 amide bonds. The van der Waals surface area contributed by atoms with Crippen molar-refractivity contribution in [2.24, 2.45) is 0 Å². The molecule has 0 spiro atoms. The van der Waals surface area contributed by atoms with Gasteiger partial charge in [0.25, 0.3) is 5.91 Å². The Morgan fingerprint density at radius 2 is 1.69 bits per heavy atom. The van der Waals surface area contributed by atoms with E-state index in [-0.39, 0.29) is 11.8 Å². The second-order valence-electron chi connectivity index (χ2n) is 6.46. The molecule has 0 aliphatic carbocycles. The molecule has 0 atom stereocenters. The fourth-order valence-electron chi connectivity index (χ4n) is 2.98. The zero-order valence-corrected chi connectivity index (χ0v) is 15.1. The number of nitrogens with zero attached hydrogens (tertiary/aromatic N) is 3. The number of anilines is 3. The molecule has 1 aliphatic rings. The standard InChI is InChI=1S/C19H23N5O2/c1-13-11-17(23-19(20-13)24-9-4-3-5-10-24)18(26)22-16-8-6-7-15(12-16)21-14(2)25/h6-8,11-12H,3-5,9-10H2,1-2H3,(H,21,25)(H,22,26). The van der Waals surface area contributed by atoms with Gasteiger partial charge in [0, 0.05) is 37.1 Å². The first-order valence-electron chi connectivity index (χ1n) is 8.81. The van der Waals surface area contributed by atoms with E-state index in [2.05, 4.69) is 25.5 Å². The van der Waals surface area contributed by atoms with Gasteiger partial charge >= 0.3 is 0 Å². The van der Waals surface area contributed by atoms with E-state index in [1.165, 1.54) is 13.3 Å². The molecule has 0 radical (unpaired) electrons. The minimum Gasteiger partial charge on any atom is -0.341 e. The molecule has 2 heterocycles. The molecule has 0 unspecified atom stereocenters. The highest BCUT2D eigenvalue weighted by Crippen LogP contribution is 2.19. The van der Waals surface area contributed by atoms with Crippen molar-refractivity contribution in [2.45, 2.75) is 33.1 Å². The summed E-state index contributed by atoms with van der Waals surface area (Å²) in [5, 5.41) is 5.53. The molecule has 7 heteroatoms. The third-order valence-corrected chi connectivity index (χ3v) is 4.15. The van der Waals surface area contributed by atoms with Gasteiger partial charge in [0.1, 0.15) is 5.69 Å². The number of piperidine rings is 1. The van der Waals surface area contributed by atoms with Gasteiger partial charge in [-0.25, -0.2) is 9.97 Å². The third kappa shape index (κ3) is 4.56. The Labute approximate surface area is 152 Å². The second kappa shape index (κ2) is 7.95. The number of carbonyl (C=O) groups excluding carboxylic acids is 2. The molecule has 1 saturated heterocycles. The molecule has 7 nitrogen and oxygen atoms in total. The summed E-state index contributed by atoms with van der Waals surface area (Å²) in [4.78, 5) is 34.9. The van der Waals surface area contributed by atoms with Crippen molar-refractivity contribution in [1.29, 1.82) is 0 Å². The van der Waals surface area contributed by atoms with E-state index in [0.717, 1.165) is 31.6 Å². The van der Waals surface area contributed by atoms with E-state index in [4.69, 9.17) is 0 Å². The lowest BCUT2D eigenvalue weighted by molar-refractivity contribution is -0.114. The maximum absolute atomic E-state index is 12.6. The normalized spacial score (nSPS) is 14.0. The van der Waals surface area contributed by atoms with Crippen molar-refractivity contribution < 1.29 is 9.59 Å². The van der Waals surface area contributed by atoms with Gasteiger partial charge in [-0.05, 0) is 50.5 Å². The molecule has 3 rings (SSSR count). The van der Waals surface area contributed by atoms with E-state index in [9.17, 15) is 9.59 Å². The number of aromatic nitrogens is 2. The molecule has 0 saturated carbocycles. The predicted molar refractivity (Wildman–Crippen MR) is 102 cm³/mol. The van der Waals surface area contributed by atoms with Gasteiger partial charge in [0.05, 0.1) is 0 Å². The number of nitrogens with one attached hydrogen (secondary N) is 2. The number of rotatable bonds is 4. The largest absolute Gasteiger partial charge is 0.341 e. The summed E-state index contributed by atoms with van der Waals surface area (Å²) in [6.45, 7) is 5.15. The first kappa shape index (κ1) is 17.8. The fraction of sp³-hybridized carbons (Fsp3) is 0.368. The molecule has 0 bridgehead atoms. The number of hydrogen-bond acceptors (Lipinski definition) is 5. The lowest BCUT2D eigenvalue weighted by atomic mass is 10.1. The van der Waals surface area contributed by atoms with Crippen LogP contribution >= 0.6 is 0 Å². The van der Waals surface area contributed by atoms with Crippen LogP contribution in [-0.2, 0) is 4.79 Å². The number of aryl methyl sites for hydroxylation is 1. The lowest BCUT2D eigenvalue weighted by Gasteiger charge is -2.27. The van der Waals surface area contributed by atoms with Crippen LogP contribution in [0, 0.1) is 6.92 Å². The topological polar surface area (TPSA) is 87.2 Å². The zero-order chi connectivity index (χ0) is 18.5. The number of benzene rings is 1. The number of amides is 2. The van der Waals surface area contributed by atoms with E-state index >= 15 is 0 Å². The smallest absolute Gasteiger partial charge is 0.274 e. The van der Waals surface area contributed by atoms with Gasteiger partial charge in [0.2, 0.25) is 11.9 Å². The van der Waals surface area contributed by atoms with Crippen LogP contribution < -0.4 is 15.5 Å². The van der Waals surface area contributed by atoms with E-state index in [0.29, 0.717) is 23.0 Å². The van der Waals surface area contributed by atoms with Gasteiger partial charge in [0.15, 0.2) is 0 Å². The van der Waals surface area contributed by atoms with Gasteiger partial charge in [-0.3, -0.25) is 9.59 Å². The van der Waals surface area contributed by atoms with Crippen molar-refractivity contribution in [3.05, 3.63) is 41.7 Å². The highest BCUT2D eigenvalue weighted by atomic mass is 16.2. The van der Waals surface area contributed by atoms with Crippen LogP contribution in [0.3, 0.4) is 0 Å². The minimum atomic E-state index is -0.297. The van der Waals surface area contributed by atoms with Gasteiger partial charge in [-0.1, -0.05) is 6.07 Å². The summed E-state index contributed by atoms with van der Waals surface area (Å²) in [5.74, 6) is 0.154. The van der Waals surface area contributed by atoms with Crippen LogP contribution in [0.4, 0.5) is 17.3 Å². The van der Waals surface area contributed by atoms with Crippen LogP contribution in [-0.4, -0.2) is 34.9 Å². The summed E-state index contributed by atoms with van der Waals surface area (Å²) in [7, 11) is 0. The van der Waals surface area contributed by atoms with Crippen LogP contribution in [0.25, 0.3) is 0 Å². The molecule has 1 aliphatic heterocycles. The van der Waals surface area contributed by atoms with Crippen LogP contribution in [0.1, 0.15) is 42.4 Å². The molecule has 136 valence electrons. The van der Waals surface area contributed by atoms with Gasteiger partial charge < -0.3 is 15.5 Å². The quantitative estimate of drug-likeness (QED) is 0.882. The Bertz CT molecular complexity index is 815. The molecule has 1 aromatic carbocycles. The van der Waals surface area contributed by atoms with Crippen molar-refractivity contribution in [3.8, 4) is 0 Å². The highest BCUT2D eigenvalue weighted by molar-refractivity contribution is 6.03. The zero-order valence-electron chi connectivity index (χ0n) is 15.1. The molecule has 26 heavy (non-hydrogen) atoms. The SMILES string of the molecule is CC(=O)Nc1cccc(NC(=O)c2cc(C)nc(N3CCCCC3)n2)c1. The highest BCUT2D eigenvalue weighted by Gasteiger charge is 2.17. The lowest BCUT2D eigenvalue weighted by Crippen LogP contribution is -2.31. The van der Waals surface area contributed by atoms with E-state index < -0.39 is 0 Å². The van der Waals surface area contributed by atoms with Crippen LogP contribution in [0.5, 0.6) is 0 Å². The molecular formula is C19H23N5O2. The summed E-state index contributed by atoms with van der Waals surface area (Å²) in [6.07, 6.45) is 3.46. The van der Waals surface area contributed by atoms with Crippen molar-refractivity contribution in [1.82, 2.24) is 9.97 Å². The van der Waals surface area contributed by atoms with Gasteiger partial charge in [-0.2, -0.15) is 0 Å². The summed E-state index contributed by atoms with van der Waals surface area (Å²) < 4.78 is 0. The average Bonchev–Trinajstić information content (AvgIpc) is 2.61. The van der Waals surface area contributed by atoms with Crippen molar-refractivity contribution in [2.75, 3.05) is 28.6 Å². The molecule has 1 aromatic heterocycles. The Balaban J connectivity index is 1.77. The van der Waals surface area contributed by atoms with Crippen LogP contribution in [0.15, 0.2) is 30.3 Å². The first-order chi connectivity index (χ1) is 12.5. The first-order valence-corrected chi connectivity index (χ1v) is 8.81. The monoisotopic (exact) mass is 353 g/mol. The Hall–Kier alpha value is -2.96. The Morgan fingerprint density at radius 3 is 2.38 bits per heavy atom. The van der Waals surface area contributed by atoms with Crippen LogP contribution in [0.2, 0.25) is 0 Å². The molecule has 2 N–H and O–H groups in total. The van der Waals surface area contributed by atoms with Gasteiger partial charge in [-0.15, -0.1) is 0 Å². The maximum Gasteiger partial charge on any atom is 0.274 e. The molecule has 2 aromatic rings. The summed E-state index contributed by atoms with van der Waals surface area (Å²) in [5.41, 5.74) is 2.32. The van der Waals surface area contributed by atoms with E-state index in [1.807, 2.05) is 6.92 Å². The maximum atomic E-state index is 12.6. The molecule has 1 fully saturated rings. The van der Waals surface area contributed by atoms with Crippen molar-refractivity contribution in [3.63, 3.8) is 0 Å². The second-order valence-corrected chi connectivity index (χ2v) is 6.46. The Kier molecular flexibility index (Phi) is 5.46. The fourth-order valence-corrected chi connectivity index (χ4v) is 2.98. The predicted octanol–water partition coefficient (Wildman–Crippen LogP) is 2.99. The number of carbonyl (C=O) groups is 2.